The molecule has 1 rings (SSSR count). The lowest BCUT2D eigenvalue weighted by atomic mass is 10.0. The van der Waals surface area contributed by atoms with Crippen LogP contribution in [-0.2, 0) is 9.47 Å². The quantitative estimate of drug-likeness (QED) is 0.473. The second kappa shape index (κ2) is 9.86. The normalized spacial score (nSPS) is 17.1. The fraction of sp³-hybridized carbons (Fsp3) is 1.00. The van der Waals surface area contributed by atoms with Crippen molar-refractivity contribution in [2.45, 2.75) is 58.7 Å². The van der Waals surface area contributed by atoms with Gasteiger partial charge in [0.15, 0.2) is 6.29 Å². The molecule has 0 atom stereocenters. The zero-order valence-electron chi connectivity index (χ0n) is 11.5. The first-order valence-electron chi connectivity index (χ1n) is 7.30. The van der Waals surface area contributed by atoms with Gasteiger partial charge in [-0.2, -0.15) is 0 Å². The maximum absolute atomic E-state index is 5.50. The molecule has 0 aromatic rings. The summed E-state index contributed by atoms with van der Waals surface area (Å²) in [5.41, 5.74) is 0. The molecular weight excluding hydrogens is 214 g/mol. The Morgan fingerprint density at radius 3 is 2.29 bits per heavy atom. The summed E-state index contributed by atoms with van der Waals surface area (Å²) in [6.45, 7) is 7.63. The zero-order chi connectivity index (χ0) is 12.3. The van der Waals surface area contributed by atoms with E-state index in [-0.39, 0.29) is 6.29 Å². The Bertz CT molecular complexity index is 164. The monoisotopic (exact) mass is 243 g/mol. The predicted octanol–water partition coefficient (Wildman–Crippen LogP) is 2.95. The van der Waals surface area contributed by atoms with Crippen LogP contribution in [0.25, 0.3) is 0 Å². The molecule has 1 N–H and O–H groups in total. The third-order valence-corrected chi connectivity index (χ3v) is 3.47. The van der Waals surface area contributed by atoms with Crippen LogP contribution < -0.4 is 5.32 Å². The highest BCUT2D eigenvalue weighted by molar-refractivity contribution is 4.68. The minimum Gasteiger partial charge on any atom is -0.353 e. The van der Waals surface area contributed by atoms with Crippen LogP contribution in [0.5, 0.6) is 0 Å². The summed E-state index contributed by atoms with van der Waals surface area (Å²) < 4.78 is 11.0. The van der Waals surface area contributed by atoms with E-state index in [0.29, 0.717) is 0 Å². The summed E-state index contributed by atoms with van der Waals surface area (Å²) >= 11 is 0. The van der Waals surface area contributed by atoms with Crippen LogP contribution in [0.1, 0.15) is 52.4 Å². The first-order chi connectivity index (χ1) is 8.36. The van der Waals surface area contributed by atoms with Crippen LogP contribution in [0.3, 0.4) is 0 Å². The van der Waals surface area contributed by atoms with Gasteiger partial charge in [0.25, 0.3) is 0 Å². The number of hydrogen-bond acceptors (Lipinski definition) is 3. The maximum Gasteiger partial charge on any atom is 0.158 e. The number of hydrogen-bond donors (Lipinski definition) is 1. The molecule has 0 spiro atoms. The summed E-state index contributed by atoms with van der Waals surface area (Å²) in [6, 6.07) is 0. The van der Waals surface area contributed by atoms with Gasteiger partial charge >= 0.3 is 0 Å². The zero-order valence-corrected chi connectivity index (χ0v) is 11.5. The topological polar surface area (TPSA) is 30.5 Å². The molecule has 102 valence electrons. The van der Waals surface area contributed by atoms with Crippen molar-refractivity contribution >= 4 is 0 Å². The average molecular weight is 243 g/mol. The molecule has 0 heterocycles. The number of nitrogens with one attached hydrogen (secondary N) is 1. The van der Waals surface area contributed by atoms with Crippen molar-refractivity contribution in [3.05, 3.63) is 0 Å². The lowest BCUT2D eigenvalue weighted by Crippen LogP contribution is -2.26. The van der Waals surface area contributed by atoms with Crippen molar-refractivity contribution in [3.8, 4) is 0 Å². The van der Waals surface area contributed by atoms with E-state index in [0.717, 1.165) is 38.6 Å². The van der Waals surface area contributed by atoms with Crippen molar-refractivity contribution in [1.29, 1.82) is 0 Å². The van der Waals surface area contributed by atoms with E-state index in [4.69, 9.17) is 9.47 Å². The molecule has 0 amide bonds. The summed E-state index contributed by atoms with van der Waals surface area (Å²) in [7, 11) is 0. The van der Waals surface area contributed by atoms with Crippen molar-refractivity contribution in [3.63, 3.8) is 0 Å². The third-order valence-electron chi connectivity index (χ3n) is 3.47. The fourth-order valence-corrected chi connectivity index (χ4v) is 2.54. The van der Waals surface area contributed by atoms with Gasteiger partial charge < -0.3 is 14.8 Å². The Hall–Kier alpha value is -0.120. The smallest absolute Gasteiger partial charge is 0.158 e. The summed E-state index contributed by atoms with van der Waals surface area (Å²) in [4.78, 5) is 0. The lowest BCUT2D eigenvalue weighted by molar-refractivity contribution is -0.138. The second-order valence-electron chi connectivity index (χ2n) is 4.82. The standard InChI is InChI=1S/C14H29NO2/c1-3-16-14(17-4-2)10-12-15-11-9-13-7-5-6-8-13/h13-15H,3-12H2,1-2H3. The first-order valence-corrected chi connectivity index (χ1v) is 7.30. The molecule has 0 aromatic heterocycles. The van der Waals surface area contributed by atoms with Crippen LogP contribution in [0.2, 0.25) is 0 Å². The van der Waals surface area contributed by atoms with Gasteiger partial charge in [0, 0.05) is 19.6 Å². The van der Waals surface area contributed by atoms with E-state index < -0.39 is 0 Å². The van der Waals surface area contributed by atoms with Gasteiger partial charge in [-0.15, -0.1) is 0 Å². The molecule has 0 aromatic carbocycles. The van der Waals surface area contributed by atoms with Crippen LogP contribution in [0, 0.1) is 5.92 Å². The van der Waals surface area contributed by atoms with Crippen LogP contribution in [0.4, 0.5) is 0 Å². The lowest BCUT2D eigenvalue weighted by Gasteiger charge is -2.17. The van der Waals surface area contributed by atoms with Gasteiger partial charge in [0.1, 0.15) is 0 Å². The molecule has 1 aliphatic carbocycles. The van der Waals surface area contributed by atoms with Gasteiger partial charge in [-0.3, -0.25) is 0 Å². The van der Waals surface area contributed by atoms with Crippen molar-refractivity contribution in [1.82, 2.24) is 5.32 Å². The molecule has 1 saturated carbocycles. The highest BCUT2D eigenvalue weighted by Crippen LogP contribution is 2.26. The average Bonchev–Trinajstić information content (AvgIpc) is 2.82. The van der Waals surface area contributed by atoms with E-state index >= 15 is 0 Å². The van der Waals surface area contributed by atoms with Crippen molar-refractivity contribution in [2.24, 2.45) is 5.92 Å². The molecule has 0 unspecified atom stereocenters. The molecular formula is C14H29NO2. The molecule has 0 aliphatic heterocycles. The fourth-order valence-electron chi connectivity index (χ4n) is 2.54. The van der Waals surface area contributed by atoms with Gasteiger partial charge in [0.05, 0.1) is 0 Å². The van der Waals surface area contributed by atoms with E-state index in [9.17, 15) is 0 Å². The highest BCUT2D eigenvalue weighted by atomic mass is 16.7. The minimum absolute atomic E-state index is 0.0241. The molecule has 17 heavy (non-hydrogen) atoms. The van der Waals surface area contributed by atoms with E-state index in [2.05, 4.69) is 5.32 Å². The summed E-state index contributed by atoms with van der Waals surface area (Å²) in [5.74, 6) is 0.983. The molecule has 3 nitrogen and oxygen atoms in total. The van der Waals surface area contributed by atoms with Crippen molar-refractivity contribution in [2.75, 3.05) is 26.3 Å². The molecule has 1 aliphatic rings. The Labute approximate surface area is 106 Å². The molecule has 0 saturated heterocycles. The van der Waals surface area contributed by atoms with Gasteiger partial charge in [-0.25, -0.2) is 0 Å². The van der Waals surface area contributed by atoms with Crippen molar-refractivity contribution < 1.29 is 9.47 Å². The Kier molecular flexibility index (Phi) is 8.67. The number of rotatable bonds is 10. The van der Waals surface area contributed by atoms with Crippen LogP contribution >= 0.6 is 0 Å². The van der Waals surface area contributed by atoms with Crippen LogP contribution in [-0.4, -0.2) is 32.6 Å². The van der Waals surface area contributed by atoms with E-state index in [1.54, 1.807) is 0 Å². The Morgan fingerprint density at radius 1 is 1.06 bits per heavy atom. The maximum atomic E-state index is 5.50. The molecule has 1 fully saturated rings. The Balaban J connectivity index is 1.93. The molecule has 3 heteroatoms. The van der Waals surface area contributed by atoms with Gasteiger partial charge in [-0.1, -0.05) is 25.7 Å². The second-order valence-corrected chi connectivity index (χ2v) is 4.82. The minimum atomic E-state index is -0.0241. The highest BCUT2D eigenvalue weighted by Gasteiger charge is 2.14. The SMILES string of the molecule is CCOC(CCNCCC1CCCC1)OCC. The first kappa shape index (κ1) is 14.9. The summed E-state index contributed by atoms with van der Waals surface area (Å²) in [5, 5.41) is 3.50. The largest absolute Gasteiger partial charge is 0.353 e. The van der Waals surface area contributed by atoms with Gasteiger partial charge in [-0.05, 0) is 39.3 Å². The van der Waals surface area contributed by atoms with E-state index in [1.807, 2.05) is 13.8 Å². The van der Waals surface area contributed by atoms with E-state index in [1.165, 1.54) is 32.1 Å². The van der Waals surface area contributed by atoms with Gasteiger partial charge in [0.2, 0.25) is 0 Å². The summed E-state index contributed by atoms with van der Waals surface area (Å²) in [6.07, 6.45) is 8.05. The molecule has 0 radical (unpaired) electrons. The Morgan fingerprint density at radius 2 is 1.71 bits per heavy atom. The van der Waals surface area contributed by atoms with Crippen LogP contribution in [0.15, 0.2) is 0 Å². The predicted molar refractivity (Wildman–Crippen MR) is 71.1 cm³/mol. The third kappa shape index (κ3) is 7.02. The number of ether oxygens (including phenoxy) is 2. The molecule has 0 bridgehead atoms.